The normalized spacial score (nSPS) is 16.1. The Kier molecular flexibility index (Phi) is 4.82. The van der Waals surface area contributed by atoms with Gasteiger partial charge in [0.25, 0.3) is 0 Å². The number of nitrogens with one attached hydrogen (secondary N) is 1. The zero-order valence-corrected chi connectivity index (χ0v) is 16.5. The zero-order chi connectivity index (χ0) is 18.9. The number of hydrogen-bond acceptors (Lipinski definition) is 2. The van der Waals surface area contributed by atoms with Crippen LogP contribution in [0.5, 0.6) is 0 Å². The molecule has 1 N–H and O–H groups in total. The molecule has 27 heavy (non-hydrogen) atoms. The van der Waals surface area contributed by atoms with Gasteiger partial charge < -0.3 is 4.98 Å². The van der Waals surface area contributed by atoms with Crippen LogP contribution in [-0.2, 0) is 21.9 Å². The molecule has 5 heteroatoms. The van der Waals surface area contributed by atoms with Crippen molar-refractivity contribution in [2.24, 2.45) is 0 Å². The first-order valence-corrected chi connectivity index (χ1v) is 11.2. The van der Waals surface area contributed by atoms with Gasteiger partial charge in [0.1, 0.15) is 0 Å². The highest BCUT2D eigenvalue weighted by molar-refractivity contribution is 7.89. The molecule has 0 saturated heterocycles. The van der Waals surface area contributed by atoms with Gasteiger partial charge in [0.2, 0.25) is 10.0 Å². The third-order valence-electron chi connectivity index (χ3n) is 5.72. The molecule has 0 spiro atoms. The second-order valence-corrected chi connectivity index (χ2v) is 9.88. The summed E-state index contributed by atoms with van der Waals surface area (Å²) in [5.41, 5.74) is 3.52. The summed E-state index contributed by atoms with van der Waals surface area (Å²) in [6, 6.07) is 18.3. The van der Waals surface area contributed by atoms with Gasteiger partial charge in [0, 0.05) is 36.1 Å². The number of benzene rings is 2. The molecule has 142 valence electrons. The fourth-order valence-corrected chi connectivity index (χ4v) is 5.22. The van der Waals surface area contributed by atoms with Crippen LogP contribution < -0.4 is 0 Å². The fraction of sp³-hybridized carbons (Fsp3) is 0.364. The molecule has 1 aromatic heterocycles. The third kappa shape index (κ3) is 3.80. The van der Waals surface area contributed by atoms with Crippen molar-refractivity contribution in [1.82, 2.24) is 9.29 Å². The summed E-state index contributed by atoms with van der Waals surface area (Å²) in [6.45, 7) is 0.558. The van der Waals surface area contributed by atoms with E-state index in [2.05, 4.69) is 23.3 Å². The van der Waals surface area contributed by atoms with Crippen LogP contribution in [0.4, 0.5) is 0 Å². The summed E-state index contributed by atoms with van der Waals surface area (Å²) in [5.74, 6) is 0.197. The smallest absolute Gasteiger partial charge is 0.213 e. The molecular weight excluding hydrogens is 356 g/mol. The highest BCUT2D eigenvalue weighted by Crippen LogP contribution is 2.51. The van der Waals surface area contributed by atoms with E-state index in [0.29, 0.717) is 13.0 Å². The van der Waals surface area contributed by atoms with Crippen molar-refractivity contribution in [1.29, 1.82) is 0 Å². The van der Waals surface area contributed by atoms with E-state index in [0.717, 1.165) is 24.8 Å². The van der Waals surface area contributed by atoms with Gasteiger partial charge in [-0.15, -0.1) is 0 Å². The maximum absolute atomic E-state index is 12.8. The lowest BCUT2D eigenvalue weighted by Crippen LogP contribution is -2.36. The number of nitrogens with zero attached hydrogens (tertiary/aromatic N) is 1. The number of aromatic amines is 1. The van der Waals surface area contributed by atoms with Crippen molar-refractivity contribution < 1.29 is 8.42 Å². The van der Waals surface area contributed by atoms with E-state index >= 15 is 0 Å². The minimum atomic E-state index is -3.24. The van der Waals surface area contributed by atoms with Crippen LogP contribution >= 0.6 is 0 Å². The Balaban J connectivity index is 1.42. The maximum atomic E-state index is 12.8. The van der Waals surface area contributed by atoms with E-state index in [1.165, 1.54) is 16.5 Å². The van der Waals surface area contributed by atoms with Gasteiger partial charge in [-0.05, 0) is 42.9 Å². The van der Waals surface area contributed by atoms with Gasteiger partial charge in [0.15, 0.2) is 0 Å². The Morgan fingerprint density at radius 1 is 1.04 bits per heavy atom. The van der Waals surface area contributed by atoms with Gasteiger partial charge in [-0.2, -0.15) is 0 Å². The highest BCUT2D eigenvalue weighted by atomic mass is 32.2. The third-order valence-corrected chi connectivity index (χ3v) is 7.61. The molecule has 0 bridgehead atoms. The van der Waals surface area contributed by atoms with E-state index in [1.807, 2.05) is 42.5 Å². The standard InChI is InChI=1S/C22H26N2O2S/c1-24(27(25,26)15-7-10-18-8-3-2-4-9-18)17-22(13-14-22)20-16-23-21-12-6-5-11-19(20)21/h2-6,8-9,11-12,16,23H,7,10,13-15,17H2,1H3. The van der Waals surface area contributed by atoms with Crippen LogP contribution in [0.2, 0.25) is 0 Å². The number of rotatable bonds is 8. The molecule has 1 aliphatic rings. The quantitative estimate of drug-likeness (QED) is 0.638. The summed E-state index contributed by atoms with van der Waals surface area (Å²) < 4.78 is 27.1. The SMILES string of the molecule is CN(CC1(c2c[nH]c3ccccc23)CC1)S(=O)(=O)CCCc1ccccc1. The zero-order valence-electron chi connectivity index (χ0n) is 15.7. The topological polar surface area (TPSA) is 53.2 Å². The average molecular weight is 383 g/mol. The highest BCUT2D eigenvalue weighted by Gasteiger charge is 2.47. The molecule has 4 rings (SSSR count). The van der Waals surface area contributed by atoms with Gasteiger partial charge in [-0.25, -0.2) is 12.7 Å². The molecule has 1 saturated carbocycles. The number of aromatic nitrogens is 1. The Bertz CT molecular complexity index is 1020. The lowest BCUT2D eigenvalue weighted by molar-refractivity contribution is 0.427. The van der Waals surface area contributed by atoms with Crippen LogP contribution in [0.25, 0.3) is 10.9 Å². The predicted molar refractivity (Wildman–Crippen MR) is 110 cm³/mol. The maximum Gasteiger partial charge on any atom is 0.213 e. The number of aryl methyl sites for hydroxylation is 1. The Morgan fingerprint density at radius 2 is 1.74 bits per heavy atom. The van der Waals surface area contributed by atoms with Crippen molar-refractivity contribution in [3.63, 3.8) is 0 Å². The van der Waals surface area contributed by atoms with Crippen LogP contribution in [0.3, 0.4) is 0 Å². The fourth-order valence-electron chi connectivity index (χ4n) is 3.96. The Hall–Kier alpha value is -2.11. The summed E-state index contributed by atoms with van der Waals surface area (Å²) in [4.78, 5) is 3.33. The summed E-state index contributed by atoms with van der Waals surface area (Å²) in [5, 5.41) is 1.21. The number of para-hydroxylation sites is 1. The van der Waals surface area contributed by atoms with Crippen LogP contribution in [-0.4, -0.2) is 37.1 Å². The number of H-pyrrole nitrogens is 1. The van der Waals surface area contributed by atoms with Crippen molar-refractivity contribution in [3.05, 3.63) is 71.9 Å². The molecule has 1 aliphatic carbocycles. The van der Waals surface area contributed by atoms with Crippen molar-refractivity contribution in [3.8, 4) is 0 Å². The number of hydrogen-bond donors (Lipinski definition) is 1. The lowest BCUT2D eigenvalue weighted by Gasteiger charge is -2.23. The first kappa shape index (κ1) is 18.3. The summed E-state index contributed by atoms with van der Waals surface area (Å²) in [6.07, 6.45) is 5.59. The molecule has 0 aliphatic heterocycles. The van der Waals surface area contributed by atoms with Crippen molar-refractivity contribution in [2.45, 2.75) is 31.1 Å². The molecule has 0 radical (unpaired) electrons. The molecule has 0 amide bonds. The van der Waals surface area contributed by atoms with E-state index in [1.54, 1.807) is 11.4 Å². The summed E-state index contributed by atoms with van der Waals surface area (Å²) >= 11 is 0. The predicted octanol–water partition coefficient (Wildman–Crippen LogP) is 4.09. The van der Waals surface area contributed by atoms with Crippen LogP contribution in [0.15, 0.2) is 60.8 Å². The second-order valence-electron chi connectivity index (χ2n) is 7.69. The first-order chi connectivity index (χ1) is 13.0. The Labute approximate surface area is 161 Å². The van der Waals surface area contributed by atoms with Gasteiger partial charge in [0.05, 0.1) is 5.75 Å². The molecule has 4 nitrogen and oxygen atoms in total. The Morgan fingerprint density at radius 3 is 2.48 bits per heavy atom. The van der Waals surface area contributed by atoms with Gasteiger partial charge in [-0.1, -0.05) is 48.5 Å². The van der Waals surface area contributed by atoms with Gasteiger partial charge in [-0.3, -0.25) is 0 Å². The molecule has 0 atom stereocenters. The molecular formula is C22H26N2O2S. The number of likely N-dealkylation sites (N-methyl/N-ethyl adjacent to an activating group) is 1. The lowest BCUT2D eigenvalue weighted by atomic mass is 9.95. The van der Waals surface area contributed by atoms with Crippen molar-refractivity contribution >= 4 is 20.9 Å². The van der Waals surface area contributed by atoms with E-state index in [4.69, 9.17) is 0 Å². The molecule has 3 aromatic rings. The second kappa shape index (κ2) is 7.13. The molecule has 0 unspecified atom stereocenters. The molecule has 2 aromatic carbocycles. The largest absolute Gasteiger partial charge is 0.361 e. The molecule has 1 heterocycles. The minimum Gasteiger partial charge on any atom is -0.361 e. The van der Waals surface area contributed by atoms with Crippen molar-refractivity contribution in [2.75, 3.05) is 19.3 Å². The van der Waals surface area contributed by atoms with Crippen LogP contribution in [0.1, 0.15) is 30.4 Å². The van der Waals surface area contributed by atoms with Gasteiger partial charge >= 0.3 is 0 Å². The van der Waals surface area contributed by atoms with E-state index in [-0.39, 0.29) is 11.2 Å². The minimum absolute atomic E-state index is 0.0408. The summed E-state index contributed by atoms with van der Waals surface area (Å²) in [7, 11) is -1.52. The molecule has 1 fully saturated rings. The van der Waals surface area contributed by atoms with E-state index in [9.17, 15) is 8.42 Å². The number of fused-ring (bicyclic) bond motifs is 1. The monoisotopic (exact) mass is 382 g/mol. The van der Waals surface area contributed by atoms with E-state index < -0.39 is 10.0 Å². The number of sulfonamides is 1. The average Bonchev–Trinajstić information content (AvgIpc) is 3.30. The van der Waals surface area contributed by atoms with Crippen LogP contribution in [0, 0.1) is 0 Å². The first-order valence-electron chi connectivity index (χ1n) is 9.55.